The summed E-state index contributed by atoms with van der Waals surface area (Å²) in [6, 6.07) is 8.96. The highest BCUT2D eigenvalue weighted by atomic mass is 32.2. The van der Waals surface area contributed by atoms with Gasteiger partial charge in [0.25, 0.3) is 11.8 Å². The molecule has 44 heavy (non-hydrogen) atoms. The number of methoxy groups -OCH3 is 1. The first-order valence-electron chi connectivity index (χ1n) is 13.8. The summed E-state index contributed by atoms with van der Waals surface area (Å²) in [6.07, 6.45) is 10.8. The molecule has 2 aromatic rings. The first-order chi connectivity index (χ1) is 20.6. The number of allylic oxidation sites excluding steroid dienone is 5. The smallest absolute Gasteiger partial charge is 0.266 e. The van der Waals surface area contributed by atoms with Crippen molar-refractivity contribution < 1.29 is 14.3 Å². The summed E-state index contributed by atoms with van der Waals surface area (Å²) in [5, 5.41) is 6.86. The maximum Gasteiger partial charge on any atom is 0.266 e. The van der Waals surface area contributed by atoms with E-state index in [1.54, 1.807) is 31.4 Å². The molecule has 11 heteroatoms. The Kier molecular flexibility index (Phi) is 18.0. The van der Waals surface area contributed by atoms with Gasteiger partial charge < -0.3 is 31.6 Å². The van der Waals surface area contributed by atoms with Crippen LogP contribution in [-0.2, 0) is 10.2 Å². The SMILES string of the molecule is C=C/C=C\C=C(C)C.CNC.COc1c(NSC)cc(C(C)(C)C)cc1NC(=O)c1ccc(C)c(N(N)/C=C(\N)C(N)=O)c1. The minimum atomic E-state index is -0.794. The molecule has 0 atom stereocenters. The third-order valence-electron chi connectivity index (χ3n) is 5.61. The van der Waals surface area contributed by atoms with E-state index in [9.17, 15) is 9.59 Å². The summed E-state index contributed by atoms with van der Waals surface area (Å²) in [4.78, 5) is 24.4. The average Bonchev–Trinajstić information content (AvgIpc) is 2.93. The third-order valence-corrected chi connectivity index (χ3v) is 6.03. The number of carbonyl (C=O) groups excluding carboxylic acids is 2. The van der Waals surface area contributed by atoms with E-state index in [0.717, 1.165) is 21.8 Å². The topological polar surface area (TPSA) is 161 Å². The fourth-order valence-corrected chi connectivity index (χ4v) is 3.76. The van der Waals surface area contributed by atoms with E-state index in [4.69, 9.17) is 22.0 Å². The van der Waals surface area contributed by atoms with E-state index in [2.05, 4.69) is 56.6 Å². The van der Waals surface area contributed by atoms with E-state index >= 15 is 0 Å². The van der Waals surface area contributed by atoms with Crippen LogP contribution in [0.4, 0.5) is 17.1 Å². The van der Waals surface area contributed by atoms with Gasteiger partial charge in [-0.1, -0.05) is 75.2 Å². The molecule has 242 valence electrons. The highest BCUT2D eigenvalue weighted by Gasteiger charge is 2.21. The van der Waals surface area contributed by atoms with Crippen molar-refractivity contribution in [3.8, 4) is 5.75 Å². The number of nitrogens with one attached hydrogen (secondary N) is 3. The predicted molar refractivity (Wildman–Crippen MR) is 190 cm³/mol. The van der Waals surface area contributed by atoms with Crippen LogP contribution < -0.4 is 42.4 Å². The van der Waals surface area contributed by atoms with Gasteiger partial charge >= 0.3 is 0 Å². The van der Waals surface area contributed by atoms with E-state index in [1.807, 2.05) is 57.6 Å². The highest BCUT2D eigenvalue weighted by molar-refractivity contribution is 7.99. The molecule has 0 aliphatic carbocycles. The second kappa shape index (κ2) is 19.9. The van der Waals surface area contributed by atoms with Gasteiger partial charge in [0, 0.05) is 18.0 Å². The molecule has 0 saturated carbocycles. The zero-order valence-corrected chi connectivity index (χ0v) is 28.6. The fraction of sp³-hybridized carbons (Fsp3) is 0.333. The Labute approximate surface area is 267 Å². The van der Waals surface area contributed by atoms with Crippen LogP contribution in [0.2, 0.25) is 0 Å². The number of hydrogen-bond donors (Lipinski definition) is 6. The number of ether oxygens (including phenoxy) is 1. The largest absolute Gasteiger partial charge is 0.492 e. The first-order valence-corrected chi connectivity index (χ1v) is 15.1. The maximum absolute atomic E-state index is 13.2. The number of amides is 2. The van der Waals surface area contributed by atoms with Crippen molar-refractivity contribution in [2.75, 3.05) is 42.5 Å². The first kappa shape index (κ1) is 39.8. The standard InChI is InChI=1S/C23H32N6O3S.C8H12.C2H7N/c1-13-7-8-14(9-19(13)29(26)12-16(24)21(25)30)22(31)27-17-10-15(23(2,3)4)11-18(28-33-6)20(17)32-5;1-4-5-6-7-8(2)3;1-3-2/h7-12,28H,24,26H2,1-6H3,(H2,25,30)(H,27,31);4-7H,1H2,2-3H3;3H,1-2H3/b16-12-;6-5-;. The van der Waals surface area contributed by atoms with Crippen molar-refractivity contribution in [1.82, 2.24) is 5.32 Å². The molecule has 2 rings (SSSR count). The van der Waals surface area contributed by atoms with Gasteiger partial charge in [-0.25, -0.2) is 5.84 Å². The Balaban J connectivity index is 0.00000143. The van der Waals surface area contributed by atoms with Crippen LogP contribution in [-0.4, -0.2) is 39.3 Å². The second-order valence-corrected chi connectivity index (χ2v) is 11.4. The monoisotopic (exact) mass is 625 g/mol. The summed E-state index contributed by atoms with van der Waals surface area (Å²) < 4.78 is 8.81. The van der Waals surface area contributed by atoms with Gasteiger partial charge in [0.1, 0.15) is 5.70 Å². The highest BCUT2D eigenvalue weighted by Crippen LogP contribution is 2.39. The Bertz CT molecular complexity index is 1340. The zero-order chi connectivity index (χ0) is 34.0. The maximum atomic E-state index is 13.2. The van der Waals surface area contributed by atoms with Crippen LogP contribution in [0.5, 0.6) is 5.75 Å². The number of nitrogens with two attached hydrogens (primary N) is 3. The molecule has 0 aliphatic rings. The number of hydrogen-bond acceptors (Lipinski definition) is 9. The van der Waals surface area contributed by atoms with Gasteiger partial charge in [-0.2, -0.15) is 0 Å². The van der Waals surface area contributed by atoms with E-state index < -0.39 is 5.91 Å². The number of anilines is 3. The Hall–Kier alpha value is -4.19. The van der Waals surface area contributed by atoms with Crippen LogP contribution >= 0.6 is 11.9 Å². The van der Waals surface area contributed by atoms with Crippen LogP contribution in [0, 0.1) is 6.92 Å². The van der Waals surface area contributed by atoms with Crippen LogP contribution in [0.25, 0.3) is 0 Å². The molecule has 9 N–H and O–H groups in total. The lowest BCUT2D eigenvalue weighted by molar-refractivity contribution is -0.114. The fourth-order valence-electron chi connectivity index (χ4n) is 3.39. The summed E-state index contributed by atoms with van der Waals surface area (Å²) >= 11 is 1.43. The molecule has 2 aromatic carbocycles. The molecule has 0 aromatic heterocycles. The van der Waals surface area contributed by atoms with Crippen molar-refractivity contribution in [2.45, 2.75) is 47.0 Å². The number of nitrogens with zero attached hydrogens (tertiary/aromatic N) is 1. The molecule has 0 saturated heterocycles. The van der Waals surface area contributed by atoms with Crippen molar-refractivity contribution >= 4 is 40.8 Å². The van der Waals surface area contributed by atoms with Crippen molar-refractivity contribution in [1.29, 1.82) is 0 Å². The van der Waals surface area contributed by atoms with Crippen LogP contribution in [0.1, 0.15) is 56.1 Å². The molecule has 0 heterocycles. The van der Waals surface area contributed by atoms with Gasteiger partial charge in [-0.05, 0) is 75.7 Å². The molecule has 0 fully saturated rings. The molecular weight excluding hydrogens is 574 g/mol. The Morgan fingerprint density at radius 2 is 1.64 bits per heavy atom. The lowest BCUT2D eigenvalue weighted by Gasteiger charge is -2.24. The molecule has 10 nitrogen and oxygen atoms in total. The van der Waals surface area contributed by atoms with Gasteiger partial charge in [0.05, 0.1) is 24.2 Å². The third kappa shape index (κ3) is 13.9. The molecule has 2 amide bonds. The average molecular weight is 626 g/mol. The lowest BCUT2D eigenvalue weighted by Crippen LogP contribution is -2.30. The van der Waals surface area contributed by atoms with Crippen LogP contribution in [0.15, 0.2) is 78.7 Å². The minimum absolute atomic E-state index is 0.148. The van der Waals surface area contributed by atoms with Gasteiger partial charge in [0.15, 0.2) is 5.75 Å². The minimum Gasteiger partial charge on any atom is -0.492 e. The number of carbonyl (C=O) groups is 2. The van der Waals surface area contributed by atoms with E-state index in [-0.39, 0.29) is 17.0 Å². The number of hydrazine groups is 1. The normalized spacial score (nSPS) is 10.8. The van der Waals surface area contributed by atoms with Crippen molar-refractivity contribution in [3.63, 3.8) is 0 Å². The van der Waals surface area contributed by atoms with Gasteiger partial charge in [-0.3, -0.25) is 14.6 Å². The van der Waals surface area contributed by atoms with Crippen molar-refractivity contribution in [3.05, 3.63) is 95.4 Å². The number of rotatable bonds is 10. The summed E-state index contributed by atoms with van der Waals surface area (Å²) in [5.74, 6) is 5.41. The van der Waals surface area contributed by atoms with Crippen molar-refractivity contribution in [2.24, 2.45) is 17.3 Å². The molecule has 0 radical (unpaired) electrons. The lowest BCUT2D eigenvalue weighted by atomic mass is 9.86. The zero-order valence-electron chi connectivity index (χ0n) is 27.8. The predicted octanol–water partition coefficient (Wildman–Crippen LogP) is 5.74. The molecule has 0 aliphatic heterocycles. The van der Waals surface area contributed by atoms with Gasteiger partial charge in [0.2, 0.25) is 0 Å². The second-order valence-electron chi connectivity index (χ2n) is 10.8. The molecule has 0 unspecified atom stereocenters. The summed E-state index contributed by atoms with van der Waals surface area (Å²) in [6.45, 7) is 15.8. The summed E-state index contributed by atoms with van der Waals surface area (Å²) in [7, 11) is 5.30. The van der Waals surface area contributed by atoms with Gasteiger partial charge in [-0.15, -0.1) is 0 Å². The van der Waals surface area contributed by atoms with Crippen LogP contribution in [0.3, 0.4) is 0 Å². The molecular formula is C33H51N7O3S. The summed E-state index contributed by atoms with van der Waals surface area (Å²) in [5.41, 5.74) is 15.7. The molecule has 0 spiro atoms. The van der Waals surface area contributed by atoms with E-state index in [0.29, 0.717) is 22.7 Å². The Morgan fingerprint density at radius 1 is 1.05 bits per heavy atom. The molecule has 0 bridgehead atoms. The number of benzene rings is 2. The Morgan fingerprint density at radius 3 is 2.11 bits per heavy atom. The quantitative estimate of drug-likeness (QED) is 0.0636. The van der Waals surface area contributed by atoms with E-state index in [1.165, 1.54) is 23.7 Å². The number of aryl methyl sites for hydroxylation is 1. The number of primary amides is 1.